The Kier molecular flexibility index (Phi) is 5.18. The van der Waals surface area contributed by atoms with E-state index in [-0.39, 0.29) is 11.6 Å². The van der Waals surface area contributed by atoms with Crippen LogP contribution in [-0.2, 0) is 11.2 Å². The van der Waals surface area contributed by atoms with Crippen molar-refractivity contribution in [1.29, 1.82) is 0 Å². The highest BCUT2D eigenvalue weighted by Gasteiger charge is 2.37. The van der Waals surface area contributed by atoms with Crippen molar-refractivity contribution in [3.8, 4) is 0 Å². The number of rotatable bonds is 5. The van der Waals surface area contributed by atoms with Gasteiger partial charge in [0, 0.05) is 36.0 Å². The maximum absolute atomic E-state index is 6.57. The van der Waals surface area contributed by atoms with Crippen LogP contribution in [0.15, 0.2) is 0 Å². The number of aromatic nitrogens is 1. The third kappa shape index (κ3) is 3.22. The van der Waals surface area contributed by atoms with Crippen molar-refractivity contribution in [1.82, 2.24) is 9.88 Å². The molecule has 2 heterocycles. The molecule has 0 aliphatic carbocycles. The Morgan fingerprint density at radius 1 is 1.40 bits per heavy atom. The van der Waals surface area contributed by atoms with Crippen molar-refractivity contribution < 1.29 is 4.74 Å². The zero-order valence-electron chi connectivity index (χ0n) is 13.1. The largest absolute Gasteiger partial charge is 0.379 e. The Labute approximate surface area is 126 Å². The molecular weight excluding hydrogens is 270 g/mol. The molecule has 1 aliphatic heterocycles. The van der Waals surface area contributed by atoms with Gasteiger partial charge in [-0.15, -0.1) is 11.3 Å². The highest BCUT2D eigenvalue weighted by molar-refractivity contribution is 7.11. The van der Waals surface area contributed by atoms with Crippen LogP contribution in [0, 0.1) is 13.8 Å². The summed E-state index contributed by atoms with van der Waals surface area (Å²) in [4.78, 5) is 8.44. The van der Waals surface area contributed by atoms with E-state index in [1.807, 2.05) is 0 Å². The summed E-state index contributed by atoms with van der Waals surface area (Å²) in [7, 11) is 0. The molecule has 2 N–H and O–H groups in total. The zero-order valence-corrected chi connectivity index (χ0v) is 13.9. The fourth-order valence-electron chi connectivity index (χ4n) is 2.83. The second-order valence-electron chi connectivity index (χ2n) is 5.87. The first-order chi connectivity index (χ1) is 9.47. The average molecular weight is 297 g/mol. The molecule has 0 radical (unpaired) electrons. The van der Waals surface area contributed by atoms with Crippen LogP contribution in [0.5, 0.6) is 0 Å². The zero-order chi connectivity index (χ0) is 14.8. The lowest BCUT2D eigenvalue weighted by Gasteiger charge is -2.46. The van der Waals surface area contributed by atoms with Gasteiger partial charge in [0.25, 0.3) is 0 Å². The first-order valence-corrected chi connectivity index (χ1v) is 8.30. The number of nitrogens with zero attached hydrogens (tertiary/aromatic N) is 2. The fraction of sp³-hybridized carbons (Fsp3) is 0.800. The number of nitrogens with two attached hydrogens (primary N) is 1. The molecule has 2 unspecified atom stereocenters. The van der Waals surface area contributed by atoms with Gasteiger partial charge in [-0.2, -0.15) is 0 Å². The molecule has 2 rings (SSSR count). The number of thiazole rings is 1. The molecule has 0 bridgehead atoms. The maximum Gasteiger partial charge on any atom is 0.0947 e. The van der Waals surface area contributed by atoms with Crippen molar-refractivity contribution in [2.75, 3.05) is 26.3 Å². The van der Waals surface area contributed by atoms with E-state index in [2.05, 4.69) is 37.6 Å². The molecule has 1 aromatic rings. The lowest BCUT2D eigenvalue weighted by molar-refractivity contribution is -0.0272. The lowest BCUT2D eigenvalue weighted by Crippen LogP contribution is -2.61. The van der Waals surface area contributed by atoms with Gasteiger partial charge in [0.15, 0.2) is 0 Å². The Morgan fingerprint density at radius 3 is 2.55 bits per heavy atom. The minimum Gasteiger partial charge on any atom is -0.379 e. The van der Waals surface area contributed by atoms with Gasteiger partial charge in [-0.3, -0.25) is 4.90 Å². The van der Waals surface area contributed by atoms with Gasteiger partial charge in [0.2, 0.25) is 0 Å². The second-order valence-corrected chi connectivity index (χ2v) is 7.16. The first-order valence-electron chi connectivity index (χ1n) is 7.48. The highest BCUT2D eigenvalue weighted by Crippen LogP contribution is 2.27. The molecule has 4 nitrogen and oxygen atoms in total. The number of hydrogen-bond donors (Lipinski definition) is 1. The van der Waals surface area contributed by atoms with Crippen molar-refractivity contribution in [3.05, 3.63) is 15.6 Å². The van der Waals surface area contributed by atoms with Crippen molar-refractivity contribution in [2.24, 2.45) is 5.73 Å². The summed E-state index contributed by atoms with van der Waals surface area (Å²) in [6.07, 6.45) is 1.92. The monoisotopic (exact) mass is 297 g/mol. The van der Waals surface area contributed by atoms with E-state index in [0.717, 1.165) is 44.8 Å². The number of morpholine rings is 1. The van der Waals surface area contributed by atoms with Gasteiger partial charge in [0.05, 0.1) is 23.9 Å². The van der Waals surface area contributed by atoms with Crippen LogP contribution in [0.25, 0.3) is 0 Å². The second kappa shape index (κ2) is 6.52. The highest BCUT2D eigenvalue weighted by atomic mass is 32.1. The van der Waals surface area contributed by atoms with E-state index < -0.39 is 0 Å². The Bertz CT molecular complexity index is 423. The summed E-state index contributed by atoms with van der Waals surface area (Å²) < 4.78 is 5.46. The van der Waals surface area contributed by atoms with E-state index in [9.17, 15) is 0 Å². The predicted octanol–water partition coefficient (Wildman–Crippen LogP) is 2.13. The van der Waals surface area contributed by atoms with Crippen LogP contribution in [0.1, 0.15) is 35.8 Å². The number of aryl methyl sites for hydroxylation is 2. The lowest BCUT2D eigenvalue weighted by atomic mass is 9.85. The third-order valence-electron chi connectivity index (χ3n) is 4.72. The molecule has 1 aromatic heterocycles. The molecule has 1 aliphatic rings. The Balaban J connectivity index is 2.09. The van der Waals surface area contributed by atoms with Crippen molar-refractivity contribution >= 4 is 11.3 Å². The summed E-state index contributed by atoms with van der Waals surface area (Å²) in [5, 5.41) is 1.17. The average Bonchev–Trinajstić information content (AvgIpc) is 2.77. The fourth-order valence-corrected chi connectivity index (χ4v) is 3.82. The summed E-state index contributed by atoms with van der Waals surface area (Å²) in [6.45, 7) is 12.3. The van der Waals surface area contributed by atoms with E-state index in [1.165, 1.54) is 9.88 Å². The van der Waals surface area contributed by atoms with E-state index in [0.29, 0.717) is 0 Å². The third-order valence-corrected chi connectivity index (χ3v) is 5.81. The van der Waals surface area contributed by atoms with Crippen LogP contribution in [0.4, 0.5) is 0 Å². The molecule has 0 spiro atoms. The van der Waals surface area contributed by atoms with E-state index in [1.54, 1.807) is 11.3 Å². The molecule has 1 fully saturated rings. The van der Waals surface area contributed by atoms with Crippen molar-refractivity contribution in [2.45, 2.75) is 52.1 Å². The number of hydrogen-bond acceptors (Lipinski definition) is 5. The minimum atomic E-state index is 0.0251. The van der Waals surface area contributed by atoms with Crippen LogP contribution in [0.3, 0.4) is 0 Å². The summed E-state index contributed by atoms with van der Waals surface area (Å²) >= 11 is 1.78. The SMILES string of the molecule is CCC(C)(C(N)Cc1nc(C)c(C)s1)N1CCOCC1. The molecule has 5 heteroatoms. The maximum atomic E-state index is 6.57. The van der Waals surface area contributed by atoms with Crippen LogP contribution < -0.4 is 5.73 Å². The Morgan fingerprint density at radius 2 is 2.05 bits per heavy atom. The Hall–Kier alpha value is -0.490. The summed E-state index contributed by atoms with van der Waals surface area (Å²) in [5.74, 6) is 0. The van der Waals surface area contributed by atoms with Gasteiger partial charge >= 0.3 is 0 Å². The molecular formula is C15H27N3OS. The van der Waals surface area contributed by atoms with E-state index in [4.69, 9.17) is 10.5 Å². The standard InChI is InChI=1S/C15H27N3OS/c1-5-15(4,18-6-8-19-9-7-18)13(16)10-14-17-11(2)12(3)20-14/h13H,5-10,16H2,1-4H3. The van der Waals surface area contributed by atoms with Gasteiger partial charge in [0.1, 0.15) is 0 Å². The first kappa shape index (κ1) is 15.9. The smallest absolute Gasteiger partial charge is 0.0947 e. The van der Waals surface area contributed by atoms with E-state index >= 15 is 0 Å². The summed E-state index contributed by atoms with van der Waals surface area (Å²) in [5.41, 5.74) is 7.73. The van der Waals surface area contributed by atoms with Crippen LogP contribution in [0.2, 0.25) is 0 Å². The predicted molar refractivity (Wildman–Crippen MR) is 84.4 cm³/mol. The molecule has 2 atom stereocenters. The molecule has 0 amide bonds. The van der Waals surface area contributed by atoms with Gasteiger partial charge in [-0.25, -0.2) is 4.98 Å². The molecule has 0 aromatic carbocycles. The number of ether oxygens (including phenoxy) is 1. The van der Waals surface area contributed by atoms with Crippen LogP contribution >= 0.6 is 11.3 Å². The van der Waals surface area contributed by atoms with Crippen molar-refractivity contribution in [3.63, 3.8) is 0 Å². The molecule has 0 saturated carbocycles. The quantitative estimate of drug-likeness (QED) is 0.904. The molecule has 20 heavy (non-hydrogen) atoms. The summed E-state index contributed by atoms with van der Waals surface area (Å²) in [6, 6.07) is 0.107. The minimum absolute atomic E-state index is 0.0251. The topological polar surface area (TPSA) is 51.4 Å². The van der Waals surface area contributed by atoms with Gasteiger partial charge < -0.3 is 10.5 Å². The van der Waals surface area contributed by atoms with Gasteiger partial charge in [-0.1, -0.05) is 6.92 Å². The molecule has 1 saturated heterocycles. The van der Waals surface area contributed by atoms with Gasteiger partial charge in [-0.05, 0) is 27.2 Å². The normalized spacial score (nSPS) is 21.6. The molecule has 114 valence electrons. The van der Waals surface area contributed by atoms with Crippen LogP contribution in [-0.4, -0.2) is 47.8 Å².